The van der Waals surface area contributed by atoms with E-state index >= 15 is 0 Å². The fourth-order valence-electron chi connectivity index (χ4n) is 2.88. The molecule has 0 aromatic heterocycles. The average molecular weight is 212 g/mol. The van der Waals surface area contributed by atoms with Gasteiger partial charge < -0.3 is 15.7 Å². The molecular formula is C11H20N2O2. The first-order chi connectivity index (χ1) is 7.29. The van der Waals surface area contributed by atoms with Crippen molar-refractivity contribution in [3.8, 4) is 0 Å². The van der Waals surface area contributed by atoms with Gasteiger partial charge in [0.2, 0.25) is 0 Å². The highest BCUT2D eigenvalue weighted by atomic mass is 16.4. The number of piperazine rings is 1. The van der Waals surface area contributed by atoms with E-state index in [9.17, 15) is 4.79 Å². The van der Waals surface area contributed by atoms with Crippen molar-refractivity contribution in [3.05, 3.63) is 0 Å². The molecule has 2 unspecified atom stereocenters. The van der Waals surface area contributed by atoms with Crippen molar-refractivity contribution < 1.29 is 9.90 Å². The van der Waals surface area contributed by atoms with Crippen molar-refractivity contribution in [2.75, 3.05) is 13.1 Å². The Morgan fingerprint density at radius 2 is 1.73 bits per heavy atom. The lowest BCUT2D eigenvalue weighted by atomic mass is 9.80. The van der Waals surface area contributed by atoms with Crippen molar-refractivity contribution in [2.24, 2.45) is 5.92 Å². The number of carboxylic acids is 1. The normalized spacial score (nSPS) is 33.9. The number of hydrogen-bond acceptors (Lipinski definition) is 3. The SMILES string of the molecule is O=C(O)C1NCCNC1C1CCCCC1. The zero-order chi connectivity index (χ0) is 10.7. The zero-order valence-corrected chi connectivity index (χ0v) is 9.04. The number of hydrogen-bond donors (Lipinski definition) is 3. The number of aliphatic carboxylic acids is 1. The van der Waals surface area contributed by atoms with Crippen molar-refractivity contribution in [1.29, 1.82) is 0 Å². The van der Waals surface area contributed by atoms with Gasteiger partial charge in [-0.1, -0.05) is 19.3 Å². The Balaban J connectivity index is 1.99. The van der Waals surface area contributed by atoms with E-state index in [1.54, 1.807) is 0 Å². The van der Waals surface area contributed by atoms with Crippen LogP contribution in [0.4, 0.5) is 0 Å². The monoisotopic (exact) mass is 212 g/mol. The highest BCUT2D eigenvalue weighted by Crippen LogP contribution is 2.28. The molecule has 2 rings (SSSR count). The maximum absolute atomic E-state index is 11.1. The van der Waals surface area contributed by atoms with Gasteiger partial charge in [0.25, 0.3) is 0 Å². The maximum atomic E-state index is 11.1. The third-order valence-corrected chi connectivity index (χ3v) is 3.65. The molecule has 0 amide bonds. The molecule has 2 fully saturated rings. The Morgan fingerprint density at radius 1 is 1.07 bits per heavy atom. The lowest BCUT2D eigenvalue weighted by Crippen LogP contribution is -2.62. The molecule has 1 saturated carbocycles. The van der Waals surface area contributed by atoms with Crippen LogP contribution in [-0.2, 0) is 4.79 Å². The number of nitrogens with one attached hydrogen (secondary N) is 2. The summed E-state index contributed by atoms with van der Waals surface area (Å²) in [5.74, 6) is -0.162. The summed E-state index contributed by atoms with van der Waals surface area (Å²) in [6.45, 7) is 1.66. The second-order valence-corrected chi connectivity index (χ2v) is 4.65. The number of carbonyl (C=O) groups is 1. The van der Waals surface area contributed by atoms with Crippen LogP contribution in [0.3, 0.4) is 0 Å². The summed E-state index contributed by atoms with van der Waals surface area (Å²) in [7, 11) is 0. The Morgan fingerprint density at radius 3 is 2.40 bits per heavy atom. The van der Waals surface area contributed by atoms with Gasteiger partial charge in [0.15, 0.2) is 0 Å². The van der Waals surface area contributed by atoms with Gasteiger partial charge in [0.05, 0.1) is 0 Å². The van der Waals surface area contributed by atoms with Crippen LogP contribution in [0.1, 0.15) is 32.1 Å². The summed E-state index contributed by atoms with van der Waals surface area (Å²) >= 11 is 0. The minimum absolute atomic E-state index is 0.136. The van der Waals surface area contributed by atoms with Crippen LogP contribution >= 0.6 is 0 Å². The first-order valence-electron chi connectivity index (χ1n) is 5.98. The van der Waals surface area contributed by atoms with Crippen LogP contribution < -0.4 is 10.6 Å². The van der Waals surface area contributed by atoms with Gasteiger partial charge in [-0.3, -0.25) is 4.79 Å². The summed E-state index contributed by atoms with van der Waals surface area (Å²) in [6.07, 6.45) is 6.20. The van der Waals surface area contributed by atoms with Crippen LogP contribution in [0.2, 0.25) is 0 Å². The molecule has 0 aromatic carbocycles. The summed E-state index contributed by atoms with van der Waals surface area (Å²) in [5.41, 5.74) is 0. The molecule has 0 bridgehead atoms. The molecule has 3 N–H and O–H groups in total. The van der Waals surface area contributed by atoms with Gasteiger partial charge in [-0.05, 0) is 18.8 Å². The maximum Gasteiger partial charge on any atom is 0.322 e. The Hall–Kier alpha value is -0.610. The first-order valence-corrected chi connectivity index (χ1v) is 5.98. The molecule has 1 heterocycles. The predicted octanol–water partition coefficient (Wildman–Crippen LogP) is 0.581. The lowest BCUT2D eigenvalue weighted by molar-refractivity contribution is -0.141. The minimum Gasteiger partial charge on any atom is -0.480 e. The van der Waals surface area contributed by atoms with Gasteiger partial charge in [0.1, 0.15) is 6.04 Å². The highest BCUT2D eigenvalue weighted by Gasteiger charge is 2.36. The molecule has 0 aromatic rings. The summed E-state index contributed by atoms with van der Waals surface area (Å²) in [5, 5.41) is 15.6. The Bertz CT molecular complexity index is 227. The fourth-order valence-corrected chi connectivity index (χ4v) is 2.88. The van der Waals surface area contributed by atoms with E-state index in [1.165, 1.54) is 32.1 Å². The predicted molar refractivity (Wildman–Crippen MR) is 57.8 cm³/mol. The van der Waals surface area contributed by atoms with E-state index in [2.05, 4.69) is 10.6 Å². The second kappa shape index (κ2) is 4.94. The van der Waals surface area contributed by atoms with E-state index < -0.39 is 5.97 Å². The molecule has 4 nitrogen and oxygen atoms in total. The Kier molecular flexibility index (Phi) is 3.59. The molecule has 0 radical (unpaired) electrons. The van der Waals surface area contributed by atoms with Crippen LogP contribution in [0.15, 0.2) is 0 Å². The highest BCUT2D eigenvalue weighted by molar-refractivity contribution is 5.74. The minimum atomic E-state index is -0.710. The van der Waals surface area contributed by atoms with E-state index in [0.29, 0.717) is 5.92 Å². The van der Waals surface area contributed by atoms with Crippen molar-refractivity contribution >= 4 is 5.97 Å². The zero-order valence-electron chi connectivity index (χ0n) is 9.04. The average Bonchev–Trinajstić information content (AvgIpc) is 2.30. The smallest absolute Gasteiger partial charge is 0.322 e. The molecule has 15 heavy (non-hydrogen) atoms. The molecule has 1 saturated heterocycles. The summed E-state index contributed by atoms with van der Waals surface area (Å²) in [4.78, 5) is 11.1. The van der Waals surface area contributed by atoms with Gasteiger partial charge in [-0.2, -0.15) is 0 Å². The van der Waals surface area contributed by atoms with Gasteiger partial charge >= 0.3 is 5.97 Å². The second-order valence-electron chi connectivity index (χ2n) is 4.65. The van der Waals surface area contributed by atoms with Crippen LogP contribution in [-0.4, -0.2) is 36.2 Å². The van der Waals surface area contributed by atoms with E-state index in [1.807, 2.05) is 0 Å². The van der Waals surface area contributed by atoms with Crippen molar-refractivity contribution in [1.82, 2.24) is 10.6 Å². The number of carboxylic acid groups (broad SMARTS) is 1. The van der Waals surface area contributed by atoms with Gasteiger partial charge in [0, 0.05) is 19.1 Å². The molecule has 1 aliphatic carbocycles. The topological polar surface area (TPSA) is 61.4 Å². The van der Waals surface area contributed by atoms with E-state index in [4.69, 9.17) is 5.11 Å². The molecular weight excluding hydrogens is 192 g/mol. The van der Waals surface area contributed by atoms with Crippen LogP contribution in [0, 0.1) is 5.92 Å². The van der Waals surface area contributed by atoms with Gasteiger partial charge in [-0.25, -0.2) is 0 Å². The molecule has 2 atom stereocenters. The third kappa shape index (κ3) is 2.49. The molecule has 0 spiro atoms. The van der Waals surface area contributed by atoms with Crippen molar-refractivity contribution in [2.45, 2.75) is 44.2 Å². The molecule has 86 valence electrons. The number of rotatable bonds is 2. The lowest BCUT2D eigenvalue weighted by Gasteiger charge is -2.38. The quantitative estimate of drug-likeness (QED) is 0.626. The molecule has 4 heteroatoms. The fraction of sp³-hybridized carbons (Fsp3) is 0.909. The van der Waals surface area contributed by atoms with E-state index in [-0.39, 0.29) is 12.1 Å². The molecule has 1 aliphatic heterocycles. The Labute approximate surface area is 90.4 Å². The van der Waals surface area contributed by atoms with Crippen LogP contribution in [0.5, 0.6) is 0 Å². The van der Waals surface area contributed by atoms with Crippen molar-refractivity contribution in [3.63, 3.8) is 0 Å². The standard InChI is InChI=1S/C11H20N2O2/c14-11(15)10-9(12-6-7-13-10)8-4-2-1-3-5-8/h8-10,12-13H,1-7H2,(H,14,15). The van der Waals surface area contributed by atoms with Gasteiger partial charge in [-0.15, -0.1) is 0 Å². The summed E-state index contributed by atoms with van der Waals surface area (Å²) in [6, 6.07) is -0.251. The van der Waals surface area contributed by atoms with Crippen LogP contribution in [0.25, 0.3) is 0 Å². The van der Waals surface area contributed by atoms with E-state index in [0.717, 1.165) is 13.1 Å². The first kappa shape index (κ1) is 10.9. The third-order valence-electron chi connectivity index (χ3n) is 3.65. The molecule has 2 aliphatic rings. The largest absolute Gasteiger partial charge is 0.480 e. The summed E-state index contributed by atoms with van der Waals surface area (Å²) < 4.78 is 0.